The maximum absolute atomic E-state index is 12.5. The summed E-state index contributed by atoms with van der Waals surface area (Å²) >= 11 is 12.5. The van der Waals surface area contributed by atoms with Crippen molar-refractivity contribution in [3.05, 3.63) is 51.9 Å². The first kappa shape index (κ1) is 18.7. The molecule has 0 aromatic heterocycles. The molecule has 0 bridgehead atoms. The van der Waals surface area contributed by atoms with Gasteiger partial charge in [-0.15, -0.1) is 0 Å². The summed E-state index contributed by atoms with van der Waals surface area (Å²) in [5, 5.41) is 9.72. The van der Waals surface area contributed by atoms with Gasteiger partial charge in [-0.2, -0.15) is 0 Å². The lowest BCUT2D eigenvalue weighted by Gasteiger charge is -2.22. The molecule has 1 heterocycles. The fourth-order valence-corrected chi connectivity index (χ4v) is 3.91. The Hall–Kier alpha value is -1.63. The van der Waals surface area contributed by atoms with E-state index in [0.717, 1.165) is 17.3 Å². The van der Waals surface area contributed by atoms with E-state index in [0.29, 0.717) is 22.8 Å². The highest BCUT2D eigenvalue weighted by molar-refractivity contribution is 8.26. The third kappa shape index (κ3) is 4.47. The van der Waals surface area contributed by atoms with Gasteiger partial charge in [0.25, 0.3) is 5.91 Å². The van der Waals surface area contributed by atoms with E-state index in [4.69, 9.17) is 23.8 Å². The van der Waals surface area contributed by atoms with Crippen molar-refractivity contribution in [2.45, 2.75) is 25.8 Å². The number of carboxylic acid groups (broad SMARTS) is 1. The van der Waals surface area contributed by atoms with Crippen molar-refractivity contribution in [1.82, 2.24) is 4.90 Å². The highest BCUT2D eigenvalue weighted by atomic mass is 35.5. The van der Waals surface area contributed by atoms with Crippen molar-refractivity contribution < 1.29 is 14.7 Å². The molecule has 1 aromatic carbocycles. The molecule has 1 amide bonds. The second-order valence-corrected chi connectivity index (χ2v) is 7.25. The molecule has 1 aliphatic heterocycles. The normalized spacial score (nSPS) is 18.3. The van der Waals surface area contributed by atoms with E-state index in [-0.39, 0.29) is 4.32 Å². The Balaban J connectivity index is 2.24. The van der Waals surface area contributed by atoms with Crippen LogP contribution in [0.1, 0.15) is 25.3 Å². The Kier molecular flexibility index (Phi) is 6.60. The van der Waals surface area contributed by atoms with Gasteiger partial charge in [-0.05, 0) is 24.1 Å². The van der Waals surface area contributed by atoms with Crippen molar-refractivity contribution in [2.24, 2.45) is 0 Å². The van der Waals surface area contributed by atoms with Crippen molar-refractivity contribution >= 4 is 57.9 Å². The molecule has 1 unspecified atom stereocenters. The number of benzene rings is 1. The summed E-state index contributed by atoms with van der Waals surface area (Å²) in [6.07, 6.45) is 4.25. The zero-order valence-corrected chi connectivity index (χ0v) is 15.3. The predicted octanol–water partition coefficient (Wildman–Crippen LogP) is 4.26. The van der Waals surface area contributed by atoms with E-state index in [1.165, 1.54) is 11.0 Å². The second kappa shape index (κ2) is 8.46. The zero-order valence-electron chi connectivity index (χ0n) is 12.9. The lowest BCUT2D eigenvalue weighted by Crippen LogP contribution is -2.43. The highest BCUT2D eigenvalue weighted by Gasteiger charge is 2.39. The SMILES string of the molecule is CCCC(C(=O)O)N1C(=O)C(=CC(Cl)=Cc2ccccc2)SC1=S. The van der Waals surface area contributed by atoms with E-state index in [1.54, 1.807) is 6.08 Å². The number of carbonyl (C=O) groups is 2. The number of carboxylic acids is 1. The van der Waals surface area contributed by atoms with Gasteiger partial charge in [0.2, 0.25) is 0 Å². The monoisotopic (exact) mass is 381 g/mol. The van der Waals surface area contributed by atoms with Gasteiger partial charge in [-0.1, -0.05) is 79.3 Å². The molecule has 4 nitrogen and oxygen atoms in total. The third-order valence-corrected chi connectivity index (χ3v) is 4.90. The summed E-state index contributed by atoms with van der Waals surface area (Å²) in [6.45, 7) is 1.86. The molecular formula is C17H16ClNO3S2. The molecule has 1 saturated heterocycles. The van der Waals surface area contributed by atoms with Gasteiger partial charge in [0.1, 0.15) is 10.4 Å². The summed E-state index contributed by atoms with van der Waals surface area (Å²) in [5.74, 6) is -1.47. The number of hydrogen-bond donors (Lipinski definition) is 1. The van der Waals surface area contributed by atoms with Crippen LogP contribution in [-0.4, -0.2) is 32.2 Å². The van der Waals surface area contributed by atoms with Gasteiger partial charge in [0.15, 0.2) is 0 Å². The first-order valence-electron chi connectivity index (χ1n) is 7.36. The van der Waals surface area contributed by atoms with Crippen molar-refractivity contribution in [2.75, 3.05) is 0 Å². The van der Waals surface area contributed by atoms with E-state index in [2.05, 4.69) is 0 Å². The molecule has 1 fully saturated rings. The van der Waals surface area contributed by atoms with Gasteiger partial charge in [0, 0.05) is 5.03 Å². The lowest BCUT2D eigenvalue weighted by atomic mass is 10.1. The van der Waals surface area contributed by atoms with E-state index < -0.39 is 17.9 Å². The molecule has 126 valence electrons. The minimum atomic E-state index is -1.06. The standard InChI is InChI=1S/C17H16ClNO3S2/c1-2-6-13(16(21)22)19-15(20)14(24-17(19)23)10-12(18)9-11-7-4-3-5-8-11/h3-5,7-10,13H,2,6H2,1H3,(H,21,22). The quantitative estimate of drug-likeness (QED) is 0.589. The molecule has 0 spiro atoms. The van der Waals surface area contributed by atoms with E-state index >= 15 is 0 Å². The summed E-state index contributed by atoms with van der Waals surface area (Å²) in [7, 11) is 0. The van der Waals surface area contributed by atoms with Gasteiger partial charge in [-0.25, -0.2) is 4.79 Å². The molecule has 24 heavy (non-hydrogen) atoms. The Labute approximate surface area is 155 Å². The smallest absolute Gasteiger partial charge is 0.326 e. The summed E-state index contributed by atoms with van der Waals surface area (Å²) in [6, 6.07) is 8.52. The van der Waals surface area contributed by atoms with Crippen LogP contribution in [0, 0.1) is 0 Å². The fourth-order valence-electron chi connectivity index (χ4n) is 2.26. The topological polar surface area (TPSA) is 57.6 Å². The number of allylic oxidation sites excluding steroid dienone is 2. The Morgan fingerprint density at radius 1 is 1.42 bits per heavy atom. The minimum absolute atomic E-state index is 0.247. The van der Waals surface area contributed by atoms with Crippen LogP contribution in [0.5, 0.6) is 0 Å². The molecule has 0 saturated carbocycles. The van der Waals surface area contributed by atoms with Gasteiger partial charge < -0.3 is 5.11 Å². The number of thiocarbonyl (C=S) groups is 1. The Morgan fingerprint density at radius 2 is 2.08 bits per heavy atom. The number of aliphatic carboxylic acids is 1. The molecular weight excluding hydrogens is 366 g/mol. The molecule has 1 atom stereocenters. The Bertz CT molecular complexity index is 716. The van der Waals surface area contributed by atoms with E-state index in [1.807, 2.05) is 37.3 Å². The van der Waals surface area contributed by atoms with Crippen molar-refractivity contribution in [1.29, 1.82) is 0 Å². The number of thioether (sulfide) groups is 1. The largest absolute Gasteiger partial charge is 0.480 e. The average molecular weight is 382 g/mol. The van der Waals surface area contributed by atoms with Crippen LogP contribution >= 0.6 is 35.6 Å². The molecule has 1 aliphatic rings. The molecule has 0 aliphatic carbocycles. The van der Waals surface area contributed by atoms with Crippen LogP contribution in [0.3, 0.4) is 0 Å². The van der Waals surface area contributed by atoms with Crippen LogP contribution < -0.4 is 0 Å². The van der Waals surface area contributed by atoms with Gasteiger partial charge in [-0.3, -0.25) is 9.69 Å². The van der Waals surface area contributed by atoms with Crippen molar-refractivity contribution in [3.8, 4) is 0 Å². The highest BCUT2D eigenvalue weighted by Crippen LogP contribution is 2.35. The number of halogens is 1. The summed E-state index contributed by atoms with van der Waals surface area (Å²) in [5.41, 5.74) is 0.906. The first-order valence-corrected chi connectivity index (χ1v) is 8.96. The van der Waals surface area contributed by atoms with Gasteiger partial charge >= 0.3 is 5.97 Å². The molecule has 2 rings (SSSR count). The van der Waals surface area contributed by atoms with Crippen molar-refractivity contribution in [3.63, 3.8) is 0 Å². The Morgan fingerprint density at radius 3 is 2.67 bits per heavy atom. The average Bonchev–Trinajstić information content (AvgIpc) is 2.80. The molecule has 1 aromatic rings. The second-order valence-electron chi connectivity index (χ2n) is 5.13. The van der Waals surface area contributed by atoms with Crippen LogP contribution in [0.15, 0.2) is 46.3 Å². The van der Waals surface area contributed by atoms with Crippen LogP contribution in [0.25, 0.3) is 6.08 Å². The fraction of sp³-hybridized carbons (Fsp3) is 0.235. The predicted molar refractivity (Wildman–Crippen MR) is 102 cm³/mol. The molecule has 7 heteroatoms. The van der Waals surface area contributed by atoms with Crippen LogP contribution in [0.2, 0.25) is 0 Å². The number of rotatable bonds is 6. The minimum Gasteiger partial charge on any atom is -0.480 e. The molecule has 1 N–H and O–H groups in total. The number of nitrogens with zero attached hydrogens (tertiary/aromatic N) is 1. The van der Waals surface area contributed by atoms with Crippen LogP contribution in [0.4, 0.5) is 0 Å². The summed E-state index contributed by atoms with van der Waals surface area (Å²) < 4.78 is 0.247. The van der Waals surface area contributed by atoms with Crippen LogP contribution in [-0.2, 0) is 9.59 Å². The van der Waals surface area contributed by atoms with E-state index in [9.17, 15) is 14.7 Å². The zero-order chi connectivity index (χ0) is 17.7. The number of hydrogen-bond acceptors (Lipinski definition) is 4. The lowest BCUT2D eigenvalue weighted by molar-refractivity contribution is -0.145. The number of carbonyl (C=O) groups excluding carboxylic acids is 1. The number of amides is 1. The maximum Gasteiger partial charge on any atom is 0.326 e. The molecule has 0 radical (unpaired) electrons. The summed E-state index contributed by atoms with van der Waals surface area (Å²) in [4.78, 5) is 25.4. The van der Waals surface area contributed by atoms with Gasteiger partial charge in [0.05, 0.1) is 4.91 Å². The maximum atomic E-state index is 12.5. The first-order chi connectivity index (χ1) is 11.4. The third-order valence-electron chi connectivity index (χ3n) is 3.36.